The van der Waals surface area contributed by atoms with Gasteiger partial charge in [-0.1, -0.05) is 121 Å². The lowest BCUT2D eigenvalue weighted by molar-refractivity contribution is -0.119. The van der Waals surface area contributed by atoms with Crippen LogP contribution in [0.15, 0.2) is 24.3 Å². The first-order chi connectivity index (χ1) is 16.9. The molecule has 2 rings (SSSR count). The average Bonchev–Trinajstić information content (AvgIpc) is 2.70. The molecular weight excluding hydrogens is 468 g/mol. The highest BCUT2D eigenvalue weighted by atomic mass is 16.3. The summed E-state index contributed by atoms with van der Waals surface area (Å²) in [5.74, 6) is 1.07. The van der Waals surface area contributed by atoms with Crippen molar-refractivity contribution in [2.45, 2.75) is 143 Å². The van der Waals surface area contributed by atoms with Crippen LogP contribution in [0.25, 0.3) is 0 Å². The Labute approximate surface area is 233 Å². The van der Waals surface area contributed by atoms with Crippen LogP contribution in [-0.2, 0) is 26.5 Å². The van der Waals surface area contributed by atoms with E-state index in [1.165, 1.54) is 0 Å². The largest absolute Gasteiger partial charge is 0.507 e. The molecule has 0 spiro atoms. The molecule has 0 heterocycles. The molecule has 0 bridgehead atoms. The van der Waals surface area contributed by atoms with Gasteiger partial charge in [0, 0.05) is 12.8 Å². The van der Waals surface area contributed by atoms with Crippen LogP contribution < -0.4 is 0 Å². The van der Waals surface area contributed by atoms with E-state index in [9.17, 15) is 15.0 Å². The van der Waals surface area contributed by atoms with Gasteiger partial charge in [0.2, 0.25) is 0 Å². The second-order valence-electron chi connectivity index (χ2n) is 15.7. The zero-order valence-corrected chi connectivity index (χ0v) is 26.7. The zero-order valence-electron chi connectivity index (χ0n) is 26.7. The Balaban J connectivity index is 2.38. The number of rotatable bonds is 6. The molecule has 2 N–H and O–H groups in total. The van der Waals surface area contributed by atoms with Crippen molar-refractivity contribution in [2.75, 3.05) is 0 Å². The molecule has 0 aliphatic heterocycles. The van der Waals surface area contributed by atoms with E-state index in [4.69, 9.17) is 0 Å². The first-order valence-corrected chi connectivity index (χ1v) is 14.2. The number of hydrogen-bond acceptors (Lipinski definition) is 3. The van der Waals surface area contributed by atoms with E-state index in [0.29, 0.717) is 24.3 Å². The van der Waals surface area contributed by atoms with Crippen LogP contribution in [-0.4, -0.2) is 16.0 Å². The molecule has 0 aliphatic carbocycles. The van der Waals surface area contributed by atoms with Crippen LogP contribution in [0.4, 0.5) is 0 Å². The van der Waals surface area contributed by atoms with Gasteiger partial charge in [-0.25, -0.2) is 0 Å². The Kier molecular flexibility index (Phi) is 8.99. The summed E-state index contributed by atoms with van der Waals surface area (Å²) in [4.78, 5) is 13.4. The van der Waals surface area contributed by atoms with Gasteiger partial charge >= 0.3 is 0 Å². The number of benzene rings is 2. The standard InChI is InChI=1S/C35H54O3/c1-21(23-17-26(32(3,4)5)30(37)27(18-23)33(6,7)8)15-25(36)16-22(2)24-19-28(34(9,10)11)31(38)29(20-24)35(12,13)14/h17-22,37-38H,15-16H2,1-14H3. The van der Waals surface area contributed by atoms with Crippen LogP contribution in [0, 0.1) is 0 Å². The molecule has 3 nitrogen and oxygen atoms in total. The molecule has 2 aromatic rings. The van der Waals surface area contributed by atoms with E-state index >= 15 is 0 Å². The molecule has 0 saturated heterocycles. The smallest absolute Gasteiger partial charge is 0.134 e. The maximum Gasteiger partial charge on any atom is 0.134 e. The summed E-state index contributed by atoms with van der Waals surface area (Å²) >= 11 is 0. The molecular formula is C35H54O3. The lowest BCUT2D eigenvalue weighted by atomic mass is 9.76. The number of Topliss-reactive ketones (excluding diaryl/α,β-unsaturated/α-hetero) is 1. The number of carbonyl (C=O) groups excluding carboxylic acids is 1. The maximum atomic E-state index is 13.4. The highest BCUT2D eigenvalue weighted by molar-refractivity contribution is 5.80. The van der Waals surface area contributed by atoms with Crippen LogP contribution in [0.3, 0.4) is 0 Å². The van der Waals surface area contributed by atoms with Gasteiger partial charge in [0.15, 0.2) is 0 Å². The molecule has 3 heteroatoms. The lowest BCUT2D eigenvalue weighted by Gasteiger charge is -2.29. The molecule has 2 unspecified atom stereocenters. The summed E-state index contributed by atoms with van der Waals surface area (Å²) in [6.07, 6.45) is 0.914. The fourth-order valence-electron chi connectivity index (χ4n) is 5.17. The number of phenolic OH excluding ortho intramolecular Hbond substituents is 2. The van der Waals surface area contributed by atoms with Gasteiger partial charge < -0.3 is 10.2 Å². The topological polar surface area (TPSA) is 57.5 Å². The van der Waals surface area contributed by atoms with Gasteiger partial charge in [0.1, 0.15) is 17.3 Å². The maximum absolute atomic E-state index is 13.4. The predicted octanol–water partition coefficient (Wildman–Crippen LogP) is 9.54. The molecule has 0 amide bonds. The summed E-state index contributed by atoms with van der Waals surface area (Å²) in [5.41, 5.74) is 5.13. The summed E-state index contributed by atoms with van der Waals surface area (Å²) in [6.45, 7) is 29.6. The first-order valence-electron chi connectivity index (χ1n) is 14.2. The third kappa shape index (κ3) is 7.42. The average molecular weight is 523 g/mol. The Morgan fingerprint density at radius 2 is 0.763 bits per heavy atom. The van der Waals surface area contributed by atoms with Crippen molar-refractivity contribution in [3.8, 4) is 11.5 Å². The van der Waals surface area contributed by atoms with Crippen molar-refractivity contribution >= 4 is 5.78 Å². The number of phenols is 2. The van der Waals surface area contributed by atoms with E-state index in [1.807, 2.05) is 0 Å². The molecule has 0 aromatic heterocycles. The van der Waals surface area contributed by atoms with Crippen LogP contribution in [0.1, 0.15) is 155 Å². The molecule has 0 fully saturated rings. The Bertz CT molecular complexity index is 996. The first kappa shape index (κ1) is 31.9. The van der Waals surface area contributed by atoms with E-state index < -0.39 is 0 Å². The summed E-state index contributed by atoms with van der Waals surface area (Å²) in [7, 11) is 0. The van der Waals surface area contributed by atoms with E-state index in [-0.39, 0.29) is 39.3 Å². The van der Waals surface area contributed by atoms with Crippen molar-refractivity contribution in [1.82, 2.24) is 0 Å². The number of aromatic hydroxyl groups is 2. The number of ketones is 1. The molecule has 2 atom stereocenters. The third-order valence-electron chi connectivity index (χ3n) is 7.70. The molecule has 2 aromatic carbocycles. The summed E-state index contributed by atoms with van der Waals surface area (Å²) < 4.78 is 0. The number of carbonyl (C=O) groups is 1. The fourth-order valence-corrected chi connectivity index (χ4v) is 5.17. The van der Waals surface area contributed by atoms with Crippen molar-refractivity contribution in [2.24, 2.45) is 0 Å². The van der Waals surface area contributed by atoms with Crippen molar-refractivity contribution in [1.29, 1.82) is 0 Å². The van der Waals surface area contributed by atoms with Crippen LogP contribution in [0.2, 0.25) is 0 Å². The molecule has 0 radical (unpaired) electrons. The Morgan fingerprint density at radius 3 is 0.947 bits per heavy atom. The van der Waals surface area contributed by atoms with E-state index in [1.54, 1.807) is 0 Å². The van der Waals surface area contributed by atoms with E-state index in [2.05, 4.69) is 121 Å². The molecule has 0 saturated carbocycles. The Morgan fingerprint density at radius 1 is 0.553 bits per heavy atom. The highest BCUT2D eigenvalue weighted by Gasteiger charge is 2.30. The predicted molar refractivity (Wildman–Crippen MR) is 162 cm³/mol. The van der Waals surface area contributed by atoms with Gasteiger partial charge in [-0.15, -0.1) is 0 Å². The van der Waals surface area contributed by atoms with Gasteiger partial charge in [0.25, 0.3) is 0 Å². The highest BCUT2D eigenvalue weighted by Crippen LogP contribution is 2.43. The normalized spacial score (nSPS) is 14.9. The third-order valence-corrected chi connectivity index (χ3v) is 7.70. The van der Waals surface area contributed by atoms with Gasteiger partial charge in [-0.05, 0) is 66.9 Å². The zero-order chi connectivity index (χ0) is 29.6. The lowest BCUT2D eigenvalue weighted by Crippen LogP contribution is -2.19. The van der Waals surface area contributed by atoms with Crippen molar-refractivity contribution < 1.29 is 15.0 Å². The minimum atomic E-state index is -0.202. The second kappa shape index (κ2) is 10.7. The Hall–Kier alpha value is -2.29. The van der Waals surface area contributed by atoms with Crippen molar-refractivity contribution in [3.63, 3.8) is 0 Å². The fraction of sp³-hybridized carbons (Fsp3) is 0.629. The second-order valence-corrected chi connectivity index (χ2v) is 15.7. The quantitative estimate of drug-likeness (QED) is 0.397. The minimum Gasteiger partial charge on any atom is -0.507 e. The summed E-state index contributed by atoms with van der Waals surface area (Å²) in [5, 5.41) is 22.2. The summed E-state index contributed by atoms with van der Waals surface area (Å²) in [6, 6.07) is 8.38. The monoisotopic (exact) mass is 522 g/mol. The van der Waals surface area contributed by atoms with Crippen LogP contribution >= 0.6 is 0 Å². The SMILES string of the molecule is CC(CC(=O)CC(C)c1cc(C(C)(C)C)c(O)c(C(C)(C)C)c1)c1cc(C(C)(C)C)c(O)c(C(C)(C)C)c1. The van der Waals surface area contributed by atoms with E-state index in [0.717, 1.165) is 33.4 Å². The van der Waals surface area contributed by atoms with Crippen molar-refractivity contribution in [3.05, 3.63) is 57.6 Å². The minimum absolute atomic E-state index is 0.0487. The van der Waals surface area contributed by atoms with Gasteiger partial charge in [-0.3, -0.25) is 4.79 Å². The molecule has 38 heavy (non-hydrogen) atoms. The molecule has 212 valence electrons. The number of hydrogen-bond donors (Lipinski definition) is 2. The van der Waals surface area contributed by atoms with Gasteiger partial charge in [0.05, 0.1) is 0 Å². The van der Waals surface area contributed by atoms with Gasteiger partial charge in [-0.2, -0.15) is 0 Å². The van der Waals surface area contributed by atoms with Crippen LogP contribution in [0.5, 0.6) is 11.5 Å². The molecule has 0 aliphatic rings.